The Labute approximate surface area is 69.9 Å². The number of aryl methyl sites for hydroxylation is 2. The Balaban J connectivity index is 0.000000640. The smallest absolute Gasteiger partial charge is 0 e. The van der Waals surface area contributed by atoms with Crippen molar-refractivity contribution in [3.8, 4) is 0 Å². The molecule has 0 atom stereocenters. The molecular weight excluding hydrogens is 203 g/mol. The molecule has 0 aliphatic carbocycles. The van der Waals surface area contributed by atoms with Crippen LogP contribution in [-0.4, -0.2) is 0 Å². The Morgan fingerprint density at radius 3 is 1.44 bits per heavy atom. The molecule has 0 bridgehead atoms. The van der Waals surface area contributed by atoms with E-state index in [9.17, 15) is 0 Å². The molecule has 0 aliphatic rings. The fraction of sp³-hybridized carbons (Fsp3) is 0.250. The van der Waals surface area contributed by atoms with Gasteiger partial charge in [-0.25, -0.2) is 0 Å². The van der Waals surface area contributed by atoms with Crippen LogP contribution in [0.3, 0.4) is 0 Å². The van der Waals surface area contributed by atoms with Gasteiger partial charge in [-0.2, -0.15) is 0 Å². The molecule has 0 unspecified atom stereocenters. The fourth-order valence-electron chi connectivity index (χ4n) is 0.663. The van der Waals surface area contributed by atoms with Crippen LogP contribution < -0.4 is 0 Å². The first-order valence-corrected chi connectivity index (χ1v) is 2.83. The number of rotatable bonds is 0. The Morgan fingerprint density at radius 2 is 1.22 bits per heavy atom. The zero-order chi connectivity index (χ0) is 5.98. The second-order valence-electron chi connectivity index (χ2n) is 2.08. The summed E-state index contributed by atoms with van der Waals surface area (Å²) in [6.45, 7) is 4.24. The molecule has 0 heterocycles. The minimum atomic E-state index is 0. The van der Waals surface area contributed by atoms with Crippen LogP contribution in [0.5, 0.6) is 0 Å². The van der Waals surface area contributed by atoms with Crippen LogP contribution in [-0.2, 0) is 20.4 Å². The minimum Gasteiger partial charge on any atom is -0.0620 e. The summed E-state index contributed by atoms with van der Waals surface area (Å²) in [7, 11) is 0. The maximum absolute atomic E-state index is 2.12. The number of benzene rings is 1. The molecule has 0 N–H and O–H groups in total. The maximum Gasteiger partial charge on any atom is 0 e. The molecular formula is C8H10Pd. The van der Waals surface area contributed by atoms with E-state index < -0.39 is 0 Å². The average Bonchev–Trinajstić information content (AvgIpc) is 1.77. The van der Waals surface area contributed by atoms with E-state index in [0.29, 0.717) is 0 Å². The first kappa shape index (κ1) is 8.88. The van der Waals surface area contributed by atoms with Crippen molar-refractivity contribution in [3.63, 3.8) is 0 Å². The molecule has 0 saturated carbocycles. The molecule has 0 aliphatic heterocycles. The second kappa shape index (κ2) is 3.82. The summed E-state index contributed by atoms with van der Waals surface area (Å²) in [6, 6.07) is 8.36. The van der Waals surface area contributed by atoms with Crippen LogP contribution in [0.25, 0.3) is 0 Å². The largest absolute Gasteiger partial charge is 0.0620 e. The van der Waals surface area contributed by atoms with Gasteiger partial charge in [-0.3, -0.25) is 0 Å². The van der Waals surface area contributed by atoms with Gasteiger partial charge in [0.15, 0.2) is 0 Å². The van der Waals surface area contributed by atoms with Crippen molar-refractivity contribution >= 4 is 0 Å². The SMILES string of the molecule is Cc1ccccc1C.[Pd]. The van der Waals surface area contributed by atoms with E-state index in [-0.39, 0.29) is 20.4 Å². The van der Waals surface area contributed by atoms with Gasteiger partial charge in [0.05, 0.1) is 0 Å². The van der Waals surface area contributed by atoms with Crippen molar-refractivity contribution in [2.75, 3.05) is 0 Å². The molecule has 1 aromatic carbocycles. The Kier molecular flexibility index (Phi) is 3.77. The average molecular weight is 213 g/mol. The topological polar surface area (TPSA) is 0 Å². The van der Waals surface area contributed by atoms with Crippen molar-refractivity contribution in [2.45, 2.75) is 13.8 Å². The molecule has 0 aromatic heterocycles. The summed E-state index contributed by atoms with van der Waals surface area (Å²) in [5.41, 5.74) is 2.74. The van der Waals surface area contributed by atoms with Gasteiger partial charge in [-0.15, -0.1) is 0 Å². The van der Waals surface area contributed by atoms with E-state index in [1.807, 2.05) is 0 Å². The van der Waals surface area contributed by atoms with Gasteiger partial charge in [0, 0.05) is 20.4 Å². The van der Waals surface area contributed by atoms with E-state index in [1.54, 1.807) is 0 Å². The van der Waals surface area contributed by atoms with E-state index in [4.69, 9.17) is 0 Å². The normalized spacial score (nSPS) is 8.22. The monoisotopic (exact) mass is 212 g/mol. The molecule has 9 heavy (non-hydrogen) atoms. The summed E-state index contributed by atoms with van der Waals surface area (Å²) in [6.07, 6.45) is 0. The molecule has 52 valence electrons. The van der Waals surface area contributed by atoms with Crippen LogP contribution >= 0.6 is 0 Å². The van der Waals surface area contributed by atoms with E-state index in [0.717, 1.165) is 0 Å². The van der Waals surface area contributed by atoms with Gasteiger partial charge in [-0.1, -0.05) is 24.3 Å². The predicted molar refractivity (Wildman–Crippen MR) is 35.9 cm³/mol. The van der Waals surface area contributed by atoms with Crippen molar-refractivity contribution in [1.29, 1.82) is 0 Å². The third-order valence-electron chi connectivity index (χ3n) is 1.43. The van der Waals surface area contributed by atoms with E-state index in [2.05, 4.69) is 38.1 Å². The Hall–Kier alpha value is -0.118. The Bertz CT molecular complexity index is 161. The molecule has 0 amide bonds. The van der Waals surface area contributed by atoms with Gasteiger partial charge in [-0.05, 0) is 25.0 Å². The third kappa shape index (κ3) is 2.30. The van der Waals surface area contributed by atoms with E-state index >= 15 is 0 Å². The van der Waals surface area contributed by atoms with Gasteiger partial charge >= 0.3 is 0 Å². The molecule has 0 radical (unpaired) electrons. The zero-order valence-electron chi connectivity index (χ0n) is 5.63. The van der Waals surface area contributed by atoms with Crippen LogP contribution in [0, 0.1) is 13.8 Å². The van der Waals surface area contributed by atoms with Crippen LogP contribution in [0.15, 0.2) is 24.3 Å². The summed E-state index contributed by atoms with van der Waals surface area (Å²) >= 11 is 0. The summed E-state index contributed by atoms with van der Waals surface area (Å²) in [5, 5.41) is 0. The van der Waals surface area contributed by atoms with Gasteiger partial charge < -0.3 is 0 Å². The fourth-order valence-corrected chi connectivity index (χ4v) is 0.663. The summed E-state index contributed by atoms with van der Waals surface area (Å²) in [5.74, 6) is 0. The molecule has 0 spiro atoms. The van der Waals surface area contributed by atoms with Crippen LogP contribution in [0.2, 0.25) is 0 Å². The molecule has 0 fully saturated rings. The second-order valence-corrected chi connectivity index (χ2v) is 2.08. The zero-order valence-corrected chi connectivity index (χ0v) is 7.18. The van der Waals surface area contributed by atoms with Gasteiger partial charge in [0.1, 0.15) is 0 Å². The molecule has 0 saturated heterocycles. The van der Waals surface area contributed by atoms with Crippen molar-refractivity contribution in [2.24, 2.45) is 0 Å². The van der Waals surface area contributed by atoms with E-state index in [1.165, 1.54) is 11.1 Å². The van der Waals surface area contributed by atoms with Gasteiger partial charge in [0.25, 0.3) is 0 Å². The molecule has 1 rings (SSSR count). The predicted octanol–water partition coefficient (Wildman–Crippen LogP) is 2.30. The number of hydrogen-bond acceptors (Lipinski definition) is 0. The standard InChI is InChI=1S/C8H10.Pd/c1-7-5-3-4-6-8(7)2;/h3-6H,1-2H3;. The van der Waals surface area contributed by atoms with Crippen molar-refractivity contribution < 1.29 is 20.4 Å². The Morgan fingerprint density at radius 1 is 0.889 bits per heavy atom. The van der Waals surface area contributed by atoms with Gasteiger partial charge in [0.2, 0.25) is 0 Å². The van der Waals surface area contributed by atoms with Crippen molar-refractivity contribution in [1.82, 2.24) is 0 Å². The summed E-state index contributed by atoms with van der Waals surface area (Å²) in [4.78, 5) is 0. The first-order chi connectivity index (χ1) is 3.80. The maximum atomic E-state index is 2.12. The number of hydrogen-bond donors (Lipinski definition) is 0. The minimum absolute atomic E-state index is 0. The quantitative estimate of drug-likeness (QED) is 0.579. The van der Waals surface area contributed by atoms with Crippen molar-refractivity contribution in [3.05, 3.63) is 35.4 Å². The molecule has 1 heteroatoms. The molecule has 0 nitrogen and oxygen atoms in total. The first-order valence-electron chi connectivity index (χ1n) is 2.83. The van der Waals surface area contributed by atoms with Crippen LogP contribution in [0.4, 0.5) is 0 Å². The molecule has 1 aromatic rings. The summed E-state index contributed by atoms with van der Waals surface area (Å²) < 4.78 is 0. The third-order valence-corrected chi connectivity index (χ3v) is 1.43. The van der Waals surface area contributed by atoms with Crippen LogP contribution in [0.1, 0.15) is 11.1 Å².